The van der Waals surface area contributed by atoms with Gasteiger partial charge in [0.2, 0.25) is 11.8 Å². The number of nitrogens with zero attached hydrogens (tertiary/aromatic N) is 3. The molecule has 24 heavy (non-hydrogen) atoms. The van der Waals surface area contributed by atoms with Crippen LogP contribution in [0.5, 0.6) is 0 Å². The standard InChI is InChI=1S/C18H25N3O2S/c1-12-13-9-11-24-14(13)8-10-21(12)16(22)7-5-6-15-19-17(20-23-15)18(2,3)4/h9,11-12H,5-8,10H2,1-4H3/t12-/m1/s1. The summed E-state index contributed by atoms with van der Waals surface area (Å²) in [4.78, 5) is 20.4. The number of thiophene rings is 1. The van der Waals surface area contributed by atoms with Crippen molar-refractivity contribution in [1.29, 1.82) is 0 Å². The van der Waals surface area contributed by atoms with Crippen LogP contribution in [0.25, 0.3) is 0 Å². The maximum absolute atomic E-state index is 12.6. The molecule has 2 aromatic rings. The van der Waals surface area contributed by atoms with E-state index in [0.29, 0.717) is 18.7 Å². The highest BCUT2D eigenvalue weighted by atomic mass is 32.1. The number of rotatable bonds is 4. The second-order valence-corrected chi connectivity index (χ2v) is 8.43. The summed E-state index contributed by atoms with van der Waals surface area (Å²) in [6.45, 7) is 9.11. The molecule has 0 radical (unpaired) electrons. The summed E-state index contributed by atoms with van der Waals surface area (Å²) in [5.41, 5.74) is 1.20. The molecule has 0 N–H and O–H groups in total. The van der Waals surface area contributed by atoms with Crippen molar-refractivity contribution in [1.82, 2.24) is 15.0 Å². The van der Waals surface area contributed by atoms with Crippen LogP contribution >= 0.6 is 11.3 Å². The molecule has 5 nitrogen and oxygen atoms in total. The lowest BCUT2D eigenvalue weighted by Crippen LogP contribution is -2.38. The Morgan fingerprint density at radius 2 is 2.25 bits per heavy atom. The van der Waals surface area contributed by atoms with Crippen LogP contribution in [0.1, 0.15) is 68.7 Å². The van der Waals surface area contributed by atoms with Crippen molar-refractivity contribution in [2.75, 3.05) is 6.54 Å². The molecule has 0 saturated heterocycles. The number of amides is 1. The van der Waals surface area contributed by atoms with E-state index in [1.165, 1.54) is 10.4 Å². The van der Waals surface area contributed by atoms with Crippen molar-refractivity contribution >= 4 is 17.2 Å². The molecule has 0 fully saturated rings. The third-order valence-electron chi connectivity index (χ3n) is 4.52. The van der Waals surface area contributed by atoms with E-state index in [1.807, 2.05) is 4.90 Å². The highest BCUT2D eigenvalue weighted by molar-refractivity contribution is 7.10. The number of aromatic nitrogens is 2. The lowest BCUT2D eigenvalue weighted by molar-refractivity contribution is -0.133. The van der Waals surface area contributed by atoms with E-state index in [0.717, 1.165) is 25.2 Å². The van der Waals surface area contributed by atoms with Gasteiger partial charge in [-0.2, -0.15) is 4.98 Å². The SMILES string of the molecule is C[C@@H]1c2ccsc2CCN1C(=O)CCCc1nc(C(C)(C)C)no1. The van der Waals surface area contributed by atoms with E-state index in [2.05, 4.69) is 49.3 Å². The van der Waals surface area contributed by atoms with E-state index in [-0.39, 0.29) is 17.4 Å². The van der Waals surface area contributed by atoms with Gasteiger partial charge in [0, 0.05) is 29.7 Å². The Kier molecular flexibility index (Phi) is 4.76. The second kappa shape index (κ2) is 6.67. The van der Waals surface area contributed by atoms with Crippen LogP contribution in [0.15, 0.2) is 16.0 Å². The van der Waals surface area contributed by atoms with E-state index < -0.39 is 0 Å². The molecule has 0 aromatic carbocycles. The number of hydrogen-bond acceptors (Lipinski definition) is 5. The van der Waals surface area contributed by atoms with Gasteiger partial charge in [-0.1, -0.05) is 25.9 Å². The van der Waals surface area contributed by atoms with Gasteiger partial charge in [0.1, 0.15) is 0 Å². The van der Waals surface area contributed by atoms with E-state index >= 15 is 0 Å². The summed E-state index contributed by atoms with van der Waals surface area (Å²) >= 11 is 1.80. The lowest BCUT2D eigenvalue weighted by Gasteiger charge is -2.33. The molecule has 2 aromatic heterocycles. The molecule has 1 aliphatic rings. The van der Waals surface area contributed by atoms with Crippen LogP contribution in [-0.2, 0) is 23.1 Å². The molecule has 130 valence electrons. The van der Waals surface area contributed by atoms with Crippen molar-refractivity contribution in [3.05, 3.63) is 33.6 Å². The van der Waals surface area contributed by atoms with Gasteiger partial charge < -0.3 is 9.42 Å². The Labute approximate surface area is 147 Å². The molecular weight excluding hydrogens is 322 g/mol. The average molecular weight is 347 g/mol. The predicted octanol–water partition coefficient (Wildman–Crippen LogP) is 3.90. The first kappa shape index (κ1) is 17.1. The zero-order valence-corrected chi connectivity index (χ0v) is 15.7. The summed E-state index contributed by atoms with van der Waals surface area (Å²) in [6.07, 6.45) is 2.89. The third-order valence-corrected chi connectivity index (χ3v) is 5.51. The summed E-state index contributed by atoms with van der Waals surface area (Å²) in [6, 6.07) is 2.33. The fraction of sp³-hybridized carbons (Fsp3) is 0.611. The fourth-order valence-corrected chi connectivity index (χ4v) is 4.01. The molecule has 0 aliphatic carbocycles. The monoisotopic (exact) mass is 347 g/mol. The van der Waals surface area contributed by atoms with Crippen LogP contribution in [-0.4, -0.2) is 27.5 Å². The van der Waals surface area contributed by atoms with Gasteiger partial charge in [0.05, 0.1) is 6.04 Å². The van der Waals surface area contributed by atoms with Crippen LogP contribution in [0.2, 0.25) is 0 Å². The molecule has 1 aliphatic heterocycles. The van der Waals surface area contributed by atoms with Crippen molar-refractivity contribution in [2.24, 2.45) is 0 Å². The first-order valence-corrected chi connectivity index (χ1v) is 9.43. The number of aryl methyl sites for hydroxylation is 1. The van der Waals surface area contributed by atoms with Gasteiger partial charge in [0.25, 0.3) is 0 Å². The minimum Gasteiger partial charge on any atom is -0.339 e. The van der Waals surface area contributed by atoms with Crippen molar-refractivity contribution in [2.45, 2.75) is 64.8 Å². The van der Waals surface area contributed by atoms with Crippen molar-refractivity contribution in [3.63, 3.8) is 0 Å². The normalized spacial score (nSPS) is 17.8. The molecule has 0 unspecified atom stereocenters. The molecule has 6 heteroatoms. The van der Waals surface area contributed by atoms with Gasteiger partial charge in [0.15, 0.2) is 5.82 Å². The highest BCUT2D eigenvalue weighted by Gasteiger charge is 2.28. The Morgan fingerprint density at radius 1 is 1.46 bits per heavy atom. The molecule has 3 heterocycles. The predicted molar refractivity (Wildman–Crippen MR) is 94.1 cm³/mol. The quantitative estimate of drug-likeness (QED) is 0.842. The average Bonchev–Trinajstić information content (AvgIpc) is 3.15. The molecule has 0 saturated carbocycles. The molecular formula is C18H25N3O2S. The Morgan fingerprint density at radius 3 is 2.96 bits per heavy atom. The first-order chi connectivity index (χ1) is 11.4. The number of carbonyl (C=O) groups excluding carboxylic acids is 1. The summed E-state index contributed by atoms with van der Waals surface area (Å²) in [5.74, 6) is 1.56. The van der Waals surface area contributed by atoms with E-state index in [1.54, 1.807) is 11.3 Å². The molecule has 1 atom stereocenters. The summed E-state index contributed by atoms with van der Waals surface area (Å²) in [5, 5.41) is 6.15. The maximum atomic E-state index is 12.6. The van der Waals surface area contributed by atoms with Crippen LogP contribution < -0.4 is 0 Å². The van der Waals surface area contributed by atoms with E-state index in [9.17, 15) is 4.79 Å². The minimum atomic E-state index is -0.112. The zero-order valence-electron chi connectivity index (χ0n) is 14.8. The lowest BCUT2D eigenvalue weighted by atomic mass is 9.96. The van der Waals surface area contributed by atoms with Gasteiger partial charge in [-0.15, -0.1) is 11.3 Å². The van der Waals surface area contributed by atoms with Crippen molar-refractivity contribution in [3.8, 4) is 0 Å². The molecule has 0 spiro atoms. The van der Waals surface area contributed by atoms with Gasteiger partial charge in [-0.3, -0.25) is 4.79 Å². The zero-order chi connectivity index (χ0) is 17.3. The third kappa shape index (κ3) is 3.53. The van der Waals surface area contributed by atoms with Gasteiger partial charge in [-0.05, 0) is 36.8 Å². The summed E-state index contributed by atoms with van der Waals surface area (Å²) < 4.78 is 5.29. The Bertz CT molecular complexity index is 714. The number of carbonyl (C=O) groups is 1. The number of fused-ring (bicyclic) bond motifs is 1. The fourth-order valence-electron chi connectivity index (χ4n) is 3.05. The second-order valence-electron chi connectivity index (χ2n) is 7.43. The highest BCUT2D eigenvalue weighted by Crippen LogP contribution is 2.33. The Balaban J connectivity index is 1.52. The first-order valence-electron chi connectivity index (χ1n) is 8.55. The topological polar surface area (TPSA) is 59.2 Å². The van der Waals surface area contributed by atoms with E-state index in [4.69, 9.17) is 4.52 Å². The molecule has 0 bridgehead atoms. The maximum Gasteiger partial charge on any atom is 0.226 e. The van der Waals surface area contributed by atoms with Gasteiger partial charge in [-0.25, -0.2) is 0 Å². The van der Waals surface area contributed by atoms with Crippen molar-refractivity contribution < 1.29 is 9.32 Å². The van der Waals surface area contributed by atoms with Crippen LogP contribution in [0.4, 0.5) is 0 Å². The minimum absolute atomic E-state index is 0.112. The van der Waals surface area contributed by atoms with Crippen LogP contribution in [0, 0.1) is 0 Å². The van der Waals surface area contributed by atoms with Crippen LogP contribution in [0.3, 0.4) is 0 Å². The number of hydrogen-bond donors (Lipinski definition) is 0. The summed E-state index contributed by atoms with van der Waals surface area (Å²) in [7, 11) is 0. The molecule has 1 amide bonds. The molecule has 3 rings (SSSR count). The smallest absolute Gasteiger partial charge is 0.226 e. The largest absolute Gasteiger partial charge is 0.339 e. The van der Waals surface area contributed by atoms with Gasteiger partial charge >= 0.3 is 0 Å². The Hall–Kier alpha value is -1.69.